The van der Waals surface area contributed by atoms with E-state index < -0.39 is 0 Å². The topological polar surface area (TPSA) is 47.7 Å². The van der Waals surface area contributed by atoms with Crippen molar-refractivity contribution in [3.05, 3.63) is 36.2 Å². The molecule has 2 heterocycles. The summed E-state index contributed by atoms with van der Waals surface area (Å²) >= 11 is 0. The maximum Gasteiger partial charge on any atom is 0.122 e. The lowest BCUT2D eigenvalue weighted by Gasteiger charge is -2.21. The van der Waals surface area contributed by atoms with E-state index in [-0.39, 0.29) is 0 Å². The predicted molar refractivity (Wildman–Crippen MR) is 75.9 cm³/mol. The highest BCUT2D eigenvalue weighted by Gasteiger charge is 2.15. The molecule has 2 rings (SSSR count). The molecule has 2 atom stereocenters. The zero-order chi connectivity index (χ0) is 13.8. The van der Waals surface area contributed by atoms with Gasteiger partial charge in [-0.3, -0.25) is 4.68 Å². The van der Waals surface area contributed by atoms with Crippen LogP contribution in [-0.2, 0) is 13.1 Å². The molecule has 0 unspecified atom stereocenters. The molecule has 104 valence electrons. The minimum absolute atomic E-state index is 0.318. The van der Waals surface area contributed by atoms with Gasteiger partial charge in [-0.2, -0.15) is 5.10 Å². The van der Waals surface area contributed by atoms with Crippen molar-refractivity contribution in [3.8, 4) is 0 Å². The standard InChI is InChI=1S/C14H23N5/c1-5-18-7-6-15-14(18)9-16-12(3)13(4)19-10-11(2)8-17-19/h6-8,10,12-13,16H,5,9H2,1-4H3/t12-,13+/m1/s1. The van der Waals surface area contributed by atoms with E-state index in [4.69, 9.17) is 0 Å². The van der Waals surface area contributed by atoms with Crippen LogP contribution in [0.3, 0.4) is 0 Å². The fourth-order valence-corrected chi connectivity index (χ4v) is 2.10. The third-order valence-electron chi connectivity index (χ3n) is 3.60. The van der Waals surface area contributed by atoms with Gasteiger partial charge in [0.2, 0.25) is 0 Å². The number of hydrogen-bond acceptors (Lipinski definition) is 3. The minimum atomic E-state index is 0.318. The van der Waals surface area contributed by atoms with Crippen LogP contribution in [0.4, 0.5) is 0 Å². The molecule has 0 bridgehead atoms. The largest absolute Gasteiger partial charge is 0.334 e. The Kier molecular flexibility index (Phi) is 4.37. The van der Waals surface area contributed by atoms with E-state index >= 15 is 0 Å². The molecule has 0 spiro atoms. The van der Waals surface area contributed by atoms with Crippen molar-refractivity contribution < 1.29 is 0 Å². The minimum Gasteiger partial charge on any atom is -0.334 e. The predicted octanol–water partition coefficient (Wildman–Crippen LogP) is 2.15. The summed E-state index contributed by atoms with van der Waals surface area (Å²) in [4.78, 5) is 4.37. The lowest BCUT2D eigenvalue weighted by Crippen LogP contribution is -2.34. The van der Waals surface area contributed by atoms with Gasteiger partial charge in [-0.1, -0.05) is 0 Å². The second-order valence-corrected chi connectivity index (χ2v) is 5.04. The van der Waals surface area contributed by atoms with E-state index in [1.165, 1.54) is 5.56 Å². The van der Waals surface area contributed by atoms with Crippen molar-refractivity contribution >= 4 is 0 Å². The van der Waals surface area contributed by atoms with Gasteiger partial charge in [-0.15, -0.1) is 0 Å². The monoisotopic (exact) mass is 261 g/mol. The Labute approximate surface area is 114 Å². The van der Waals surface area contributed by atoms with Crippen LogP contribution in [0.25, 0.3) is 0 Å². The number of hydrogen-bond donors (Lipinski definition) is 1. The summed E-state index contributed by atoms with van der Waals surface area (Å²) in [6.45, 7) is 10.3. The molecule has 0 aliphatic carbocycles. The first-order chi connectivity index (χ1) is 9.11. The number of nitrogens with zero attached hydrogens (tertiary/aromatic N) is 4. The van der Waals surface area contributed by atoms with Gasteiger partial charge in [-0.25, -0.2) is 4.98 Å². The average molecular weight is 261 g/mol. The molecule has 1 N–H and O–H groups in total. The lowest BCUT2D eigenvalue weighted by atomic mass is 10.2. The zero-order valence-corrected chi connectivity index (χ0v) is 12.2. The van der Waals surface area contributed by atoms with Crippen LogP contribution >= 0.6 is 0 Å². The molecule has 0 amide bonds. The summed E-state index contributed by atoms with van der Waals surface area (Å²) in [5.41, 5.74) is 1.19. The van der Waals surface area contributed by atoms with Gasteiger partial charge in [0, 0.05) is 31.2 Å². The van der Waals surface area contributed by atoms with Gasteiger partial charge in [0.1, 0.15) is 5.82 Å². The average Bonchev–Trinajstić information content (AvgIpc) is 3.03. The maximum atomic E-state index is 4.37. The Bertz CT molecular complexity index is 513. The van der Waals surface area contributed by atoms with Gasteiger partial charge in [0.05, 0.1) is 18.8 Å². The summed E-state index contributed by atoms with van der Waals surface area (Å²) in [5, 5.41) is 7.89. The molecular weight excluding hydrogens is 238 g/mol. The molecule has 0 aliphatic heterocycles. The highest BCUT2D eigenvalue weighted by atomic mass is 15.3. The number of aryl methyl sites for hydroxylation is 2. The van der Waals surface area contributed by atoms with Crippen LogP contribution in [0.2, 0.25) is 0 Å². The zero-order valence-electron chi connectivity index (χ0n) is 12.2. The summed E-state index contributed by atoms with van der Waals surface area (Å²) in [6, 6.07) is 0.653. The van der Waals surface area contributed by atoms with Crippen LogP contribution in [0.15, 0.2) is 24.8 Å². The molecule has 0 fully saturated rings. The first-order valence-electron chi connectivity index (χ1n) is 6.86. The molecule has 5 heteroatoms. The molecule has 0 saturated heterocycles. The first kappa shape index (κ1) is 13.8. The molecule has 0 saturated carbocycles. The SMILES string of the molecule is CCn1ccnc1CN[C@H](C)[C@H](C)n1cc(C)cn1. The Hall–Kier alpha value is -1.62. The van der Waals surface area contributed by atoms with E-state index in [0.717, 1.165) is 18.9 Å². The van der Waals surface area contributed by atoms with E-state index in [0.29, 0.717) is 12.1 Å². The van der Waals surface area contributed by atoms with Crippen LogP contribution in [0.5, 0.6) is 0 Å². The van der Waals surface area contributed by atoms with Gasteiger partial charge in [0.25, 0.3) is 0 Å². The van der Waals surface area contributed by atoms with Gasteiger partial charge in [0.15, 0.2) is 0 Å². The van der Waals surface area contributed by atoms with Crippen molar-refractivity contribution in [2.24, 2.45) is 0 Å². The summed E-state index contributed by atoms with van der Waals surface area (Å²) < 4.78 is 4.17. The second-order valence-electron chi connectivity index (χ2n) is 5.04. The maximum absolute atomic E-state index is 4.37. The number of rotatable bonds is 6. The quantitative estimate of drug-likeness (QED) is 0.866. The molecule has 0 aliphatic rings. The molecule has 19 heavy (non-hydrogen) atoms. The van der Waals surface area contributed by atoms with Crippen LogP contribution < -0.4 is 5.32 Å². The van der Waals surface area contributed by atoms with E-state index in [2.05, 4.69) is 53.9 Å². The smallest absolute Gasteiger partial charge is 0.122 e. The molecular formula is C14H23N5. The van der Waals surface area contributed by atoms with Crippen LogP contribution in [-0.4, -0.2) is 25.4 Å². The highest BCUT2D eigenvalue weighted by Crippen LogP contribution is 2.11. The Morgan fingerprint density at radius 2 is 2.16 bits per heavy atom. The van der Waals surface area contributed by atoms with Gasteiger partial charge < -0.3 is 9.88 Å². The third-order valence-corrected chi connectivity index (χ3v) is 3.60. The normalized spacial score (nSPS) is 14.5. The molecule has 2 aromatic rings. The third kappa shape index (κ3) is 3.23. The number of imidazole rings is 1. The van der Waals surface area contributed by atoms with Crippen molar-refractivity contribution in [2.75, 3.05) is 0 Å². The van der Waals surface area contributed by atoms with Gasteiger partial charge in [-0.05, 0) is 33.3 Å². The van der Waals surface area contributed by atoms with E-state index in [1.807, 2.05) is 23.3 Å². The van der Waals surface area contributed by atoms with E-state index in [9.17, 15) is 0 Å². The highest BCUT2D eigenvalue weighted by molar-refractivity contribution is 5.01. The fourth-order valence-electron chi connectivity index (χ4n) is 2.10. The Balaban J connectivity index is 1.92. The van der Waals surface area contributed by atoms with Crippen molar-refractivity contribution in [1.29, 1.82) is 0 Å². The first-order valence-corrected chi connectivity index (χ1v) is 6.86. The van der Waals surface area contributed by atoms with Gasteiger partial charge >= 0.3 is 0 Å². The fraction of sp³-hybridized carbons (Fsp3) is 0.571. The summed E-state index contributed by atoms with van der Waals surface area (Å²) in [7, 11) is 0. The van der Waals surface area contributed by atoms with Crippen LogP contribution in [0.1, 0.15) is 38.2 Å². The van der Waals surface area contributed by atoms with E-state index in [1.54, 1.807) is 0 Å². The molecule has 5 nitrogen and oxygen atoms in total. The Morgan fingerprint density at radius 1 is 1.37 bits per heavy atom. The summed E-state index contributed by atoms with van der Waals surface area (Å²) in [6.07, 6.45) is 7.84. The number of aromatic nitrogens is 4. The lowest BCUT2D eigenvalue weighted by molar-refractivity contribution is 0.360. The summed E-state index contributed by atoms with van der Waals surface area (Å²) in [5.74, 6) is 1.08. The second kappa shape index (κ2) is 6.02. The van der Waals surface area contributed by atoms with Crippen LogP contribution in [0, 0.1) is 6.92 Å². The number of nitrogens with one attached hydrogen (secondary N) is 1. The molecule has 0 radical (unpaired) electrons. The Morgan fingerprint density at radius 3 is 2.79 bits per heavy atom. The molecule has 0 aromatic carbocycles. The van der Waals surface area contributed by atoms with Crippen molar-refractivity contribution in [1.82, 2.24) is 24.6 Å². The molecule has 2 aromatic heterocycles. The van der Waals surface area contributed by atoms with Crippen molar-refractivity contribution in [3.63, 3.8) is 0 Å². The van der Waals surface area contributed by atoms with Crippen molar-refractivity contribution in [2.45, 2.75) is 52.9 Å².